The molecule has 0 bridgehead atoms. The zero-order chi connectivity index (χ0) is 27.1. The molecular formula is C33H36N2O2S2. The van der Waals surface area contributed by atoms with Crippen LogP contribution in [0.1, 0.15) is 77.8 Å². The standard InChI is InChI=1S/C33H36N2O2S2/c1-18(2)20-9-11-23-21(16-20)10-12-25-32(23,4)13-7-14-33(25,5)26-17-22(24-8-6-15-38-24)27-28-29(39-30(27)35-26)31(36)37-19(3)34-28/h6,8,10,15-18,23,25H,7,9,11-14H2,1-5H3/t23-,25+,32+,33+/m0/s1. The molecule has 1 saturated carbocycles. The van der Waals surface area contributed by atoms with Gasteiger partial charge in [0.05, 0.1) is 0 Å². The Morgan fingerprint density at radius 2 is 2.03 bits per heavy atom. The van der Waals surface area contributed by atoms with Crippen LogP contribution in [-0.2, 0) is 5.41 Å². The van der Waals surface area contributed by atoms with Gasteiger partial charge in [-0.3, -0.25) is 0 Å². The highest BCUT2D eigenvalue weighted by Crippen LogP contribution is 2.62. The topological polar surface area (TPSA) is 56.0 Å². The van der Waals surface area contributed by atoms with Crippen molar-refractivity contribution in [1.82, 2.24) is 9.97 Å². The van der Waals surface area contributed by atoms with E-state index in [0.717, 1.165) is 34.1 Å². The van der Waals surface area contributed by atoms with E-state index in [2.05, 4.69) is 68.4 Å². The number of fused-ring (bicyclic) bond motifs is 6. The van der Waals surface area contributed by atoms with Crippen molar-refractivity contribution in [3.8, 4) is 10.4 Å². The van der Waals surface area contributed by atoms with E-state index in [-0.39, 0.29) is 16.5 Å². The van der Waals surface area contributed by atoms with Gasteiger partial charge in [-0.1, -0.05) is 57.9 Å². The fourth-order valence-electron chi connectivity index (χ4n) is 8.26. The van der Waals surface area contributed by atoms with Gasteiger partial charge in [0.1, 0.15) is 15.0 Å². The molecule has 39 heavy (non-hydrogen) atoms. The lowest BCUT2D eigenvalue weighted by Crippen LogP contribution is -2.52. The van der Waals surface area contributed by atoms with Gasteiger partial charge in [0.15, 0.2) is 5.89 Å². The molecule has 4 heterocycles. The minimum atomic E-state index is -0.313. The minimum Gasteiger partial charge on any atom is -0.408 e. The van der Waals surface area contributed by atoms with Gasteiger partial charge >= 0.3 is 5.63 Å². The van der Waals surface area contributed by atoms with E-state index in [9.17, 15) is 4.79 Å². The van der Waals surface area contributed by atoms with Crippen LogP contribution in [0, 0.1) is 30.1 Å². The highest BCUT2D eigenvalue weighted by Gasteiger charge is 2.55. The average molecular weight is 557 g/mol. The maximum absolute atomic E-state index is 12.8. The lowest BCUT2D eigenvalue weighted by Gasteiger charge is -2.58. The first kappa shape index (κ1) is 25.4. The summed E-state index contributed by atoms with van der Waals surface area (Å²) in [5.74, 6) is 2.18. The summed E-state index contributed by atoms with van der Waals surface area (Å²) in [5.41, 5.74) is 6.16. The average Bonchev–Trinajstić information content (AvgIpc) is 3.56. The molecule has 0 N–H and O–H groups in total. The SMILES string of the molecule is Cc1nc2c(sc3nc([C@]4(C)CCC[C@@]5(C)[C@H]4CC=C4C=C(C(C)C)CC[C@@H]45)cc(-c4cccs4)c32)c(=O)o1. The van der Waals surface area contributed by atoms with Gasteiger partial charge < -0.3 is 4.42 Å². The van der Waals surface area contributed by atoms with Crippen molar-refractivity contribution in [2.45, 2.75) is 78.6 Å². The predicted molar refractivity (Wildman–Crippen MR) is 163 cm³/mol. The molecule has 4 aromatic heterocycles. The van der Waals surface area contributed by atoms with Crippen molar-refractivity contribution < 1.29 is 4.42 Å². The third kappa shape index (κ3) is 3.77. The van der Waals surface area contributed by atoms with Crippen LogP contribution < -0.4 is 5.63 Å². The van der Waals surface area contributed by atoms with Gasteiger partial charge in [0.25, 0.3) is 0 Å². The molecule has 1 fully saturated rings. The van der Waals surface area contributed by atoms with Crippen molar-refractivity contribution in [2.75, 3.05) is 0 Å². The molecule has 4 nitrogen and oxygen atoms in total. The minimum absolute atomic E-state index is 0.0402. The molecular weight excluding hydrogens is 521 g/mol. The van der Waals surface area contributed by atoms with Crippen molar-refractivity contribution >= 4 is 43.1 Å². The molecule has 0 amide bonds. The first-order valence-corrected chi connectivity index (χ1v) is 16.1. The summed E-state index contributed by atoms with van der Waals surface area (Å²) in [6.07, 6.45) is 12.4. The zero-order valence-corrected chi connectivity index (χ0v) is 25.1. The van der Waals surface area contributed by atoms with Gasteiger partial charge in [-0.2, -0.15) is 0 Å². The number of hydrogen-bond acceptors (Lipinski definition) is 6. The molecule has 0 unspecified atom stereocenters. The van der Waals surface area contributed by atoms with E-state index < -0.39 is 0 Å². The molecule has 0 aliphatic heterocycles. The number of pyridine rings is 1. The Morgan fingerprint density at radius 3 is 2.79 bits per heavy atom. The summed E-state index contributed by atoms with van der Waals surface area (Å²) >= 11 is 3.18. The van der Waals surface area contributed by atoms with Crippen molar-refractivity contribution in [2.24, 2.45) is 23.2 Å². The maximum atomic E-state index is 12.8. The summed E-state index contributed by atoms with van der Waals surface area (Å²) in [4.78, 5) is 25.0. The monoisotopic (exact) mass is 556 g/mol. The van der Waals surface area contributed by atoms with Crippen molar-refractivity contribution in [3.63, 3.8) is 0 Å². The van der Waals surface area contributed by atoms with E-state index >= 15 is 0 Å². The molecule has 4 aromatic rings. The number of thiophene rings is 2. The second-order valence-electron chi connectivity index (χ2n) is 12.7. The predicted octanol–water partition coefficient (Wildman–Crippen LogP) is 9.22. The van der Waals surface area contributed by atoms with Crippen LogP contribution >= 0.6 is 22.7 Å². The third-order valence-corrected chi connectivity index (χ3v) is 12.2. The van der Waals surface area contributed by atoms with E-state index in [4.69, 9.17) is 9.40 Å². The van der Waals surface area contributed by atoms with E-state index in [1.54, 1.807) is 29.4 Å². The molecule has 0 aromatic carbocycles. The Morgan fingerprint density at radius 1 is 1.18 bits per heavy atom. The number of aromatic nitrogens is 2. The van der Waals surface area contributed by atoms with Gasteiger partial charge in [0, 0.05) is 33.9 Å². The quantitative estimate of drug-likeness (QED) is 0.252. The van der Waals surface area contributed by atoms with Crippen LogP contribution in [0.2, 0.25) is 0 Å². The highest BCUT2D eigenvalue weighted by molar-refractivity contribution is 7.25. The van der Waals surface area contributed by atoms with Crippen LogP contribution in [0.25, 0.3) is 30.9 Å². The molecule has 0 spiro atoms. The summed E-state index contributed by atoms with van der Waals surface area (Å²) in [7, 11) is 0. The second kappa shape index (κ2) is 8.97. The van der Waals surface area contributed by atoms with E-state index in [1.807, 2.05) is 0 Å². The summed E-state index contributed by atoms with van der Waals surface area (Å²) in [6, 6.07) is 6.62. The Hall–Kier alpha value is -2.57. The normalized spacial score (nSPS) is 28.9. The Balaban J connectivity index is 1.42. The molecule has 4 atom stereocenters. The summed E-state index contributed by atoms with van der Waals surface area (Å²) in [6.45, 7) is 11.5. The van der Waals surface area contributed by atoms with Crippen molar-refractivity contribution in [1.29, 1.82) is 0 Å². The number of aryl methyl sites for hydroxylation is 1. The van der Waals surface area contributed by atoms with Crippen LogP contribution in [0.15, 0.2) is 56.1 Å². The van der Waals surface area contributed by atoms with Gasteiger partial charge in [-0.25, -0.2) is 14.8 Å². The Bertz CT molecular complexity index is 1720. The first-order chi connectivity index (χ1) is 18.7. The third-order valence-electron chi connectivity index (χ3n) is 10.3. The molecule has 3 aliphatic carbocycles. The van der Waals surface area contributed by atoms with Crippen molar-refractivity contribution in [3.05, 3.63) is 68.9 Å². The maximum Gasteiger partial charge on any atom is 0.357 e. The van der Waals surface area contributed by atoms with Gasteiger partial charge in [-0.05, 0) is 78.4 Å². The lowest BCUT2D eigenvalue weighted by molar-refractivity contribution is -0.0104. The zero-order valence-electron chi connectivity index (χ0n) is 23.5. The largest absolute Gasteiger partial charge is 0.408 e. The van der Waals surface area contributed by atoms with E-state index in [1.165, 1.54) is 47.6 Å². The van der Waals surface area contributed by atoms with Crippen LogP contribution in [0.4, 0.5) is 0 Å². The second-order valence-corrected chi connectivity index (χ2v) is 14.7. The number of nitrogens with zero attached hydrogens (tertiary/aromatic N) is 2. The molecule has 3 aliphatic rings. The number of rotatable bonds is 3. The molecule has 0 saturated heterocycles. The molecule has 7 rings (SSSR count). The molecule has 0 radical (unpaired) electrons. The lowest BCUT2D eigenvalue weighted by atomic mass is 9.46. The van der Waals surface area contributed by atoms with E-state index in [0.29, 0.717) is 28.3 Å². The van der Waals surface area contributed by atoms with Crippen LogP contribution in [0.5, 0.6) is 0 Å². The fraction of sp³-hybridized carbons (Fsp3) is 0.485. The van der Waals surface area contributed by atoms with Crippen LogP contribution in [-0.4, -0.2) is 9.97 Å². The fourth-order valence-corrected chi connectivity index (χ4v) is 10.0. The molecule has 6 heteroatoms. The number of hydrogen-bond donors (Lipinski definition) is 0. The summed E-state index contributed by atoms with van der Waals surface area (Å²) in [5, 5.41) is 3.11. The molecule has 202 valence electrons. The Kier molecular flexibility index (Phi) is 5.84. The highest BCUT2D eigenvalue weighted by atomic mass is 32.1. The smallest absolute Gasteiger partial charge is 0.357 e. The van der Waals surface area contributed by atoms with Crippen LogP contribution in [0.3, 0.4) is 0 Å². The number of allylic oxidation sites excluding steroid dienone is 4. The Labute approximate surface area is 237 Å². The first-order valence-electron chi connectivity index (χ1n) is 14.4. The summed E-state index contributed by atoms with van der Waals surface area (Å²) < 4.78 is 5.95. The van der Waals surface area contributed by atoms with Gasteiger partial charge in [0.2, 0.25) is 0 Å². The van der Waals surface area contributed by atoms with Gasteiger partial charge in [-0.15, -0.1) is 22.7 Å².